The number of hydrogen-bond acceptors (Lipinski definition) is 4. The molecule has 3 heterocycles. The number of pyridine rings is 1. The Labute approximate surface area is 214 Å². The van der Waals surface area contributed by atoms with Crippen LogP contribution in [0.15, 0.2) is 65.5 Å². The fourth-order valence-corrected chi connectivity index (χ4v) is 5.13. The molecule has 0 unspecified atom stereocenters. The van der Waals surface area contributed by atoms with Crippen molar-refractivity contribution in [3.8, 4) is 11.3 Å². The molecule has 2 amide bonds. The van der Waals surface area contributed by atoms with Gasteiger partial charge in [0.25, 0.3) is 5.56 Å². The molecule has 2 aromatic carbocycles. The minimum Gasteiger partial charge on any atom is -0.374 e. The van der Waals surface area contributed by atoms with Crippen molar-refractivity contribution >= 4 is 6.03 Å². The third-order valence-corrected chi connectivity index (χ3v) is 7.13. The van der Waals surface area contributed by atoms with E-state index in [1.54, 1.807) is 16.7 Å². The Morgan fingerprint density at radius 1 is 1.00 bits per heavy atom. The number of nitrogens with one attached hydrogen (secondary N) is 1. The summed E-state index contributed by atoms with van der Waals surface area (Å²) in [6.45, 7) is 5.04. The Morgan fingerprint density at radius 3 is 2.49 bits per heavy atom. The molecule has 2 saturated heterocycles. The molecule has 37 heavy (non-hydrogen) atoms. The SMILES string of the molecule is C[C@H]1OCCN(C(=O)N2CCN(Cc3ccc(-c4ccccc4)[nH]c3=O)CC2)[C@@H]1c1cc(F)ccc1F. The number of halogens is 2. The molecule has 2 aliphatic rings. The highest BCUT2D eigenvalue weighted by atomic mass is 19.1. The van der Waals surface area contributed by atoms with Crippen LogP contribution < -0.4 is 5.56 Å². The molecule has 0 radical (unpaired) electrons. The van der Waals surface area contributed by atoms with Crippen LogP contribution in [-0.2, 0) is 11.3 Å². The standard InChI is InChI=1S/C28H30F2N4O3/c1-19-26(23-17-22(29)8-9-24(23)30)34(15-16-37-19)28(36)33-13-11-32(12-14-33)18-21-7-10-25(31-27(21)35)20-5-3-2-4-6-20/h2-10,17,19,26H,11-16,18H2,1H3,(H,31,35)/t19-,26+/m1/s1. The second kappa shape index (κ2) is 10.8. The Hall–Kier alpha value is -3.56. The van der Waals surface area contributed by atoms with E-state index in [1.165, 1.54) is 0 Å². The Kier molecular flexibility index (Phi) is 7.34. The maximum absolute atomic E-state index is 14.6. The minimum atomic E-state index is -0.711. The van der Waals surface area contributed by atoms with Gasteiger partial charge in [-0.05, 0) is 36.8 Å². The summed E-state index contributed by atoms with van der Waals surface area (Å²) < 4.78 is 34.2. The number of piperazine rings is 1. The van der Waals surface area contributed by atoms with Gasteiger partial charge >= 0.3 is 6.03 Å². The lowest BCUT2D eigenvalue weighted by molar-refractivity contribution is -0.0530. The number of ether oxygens (including phenoxy) is 1. The first-order valence-electron chi connectivity index (χ1n) is 12.5. The summed E-state index contributed by atoms with van der Waals surface area (Å²) in [6, 6.07) is 15.8. The molecule has 2 aliphatic heterocycles. The number of carbonyl (C=O) groups is 1. The molecule has 1 aromatic heterocycles. The van der Waals surface area contributed by atoms with E-state index in [-0.39, 0.29) is 17.2 Å². The van der Waals surface area contributed by atoms with E-state index in [9.17, 15) is 18.4 Å². The third kappa shape index (κ3) is 5.42. The van der Waals surface area contributed by atoms with E-state index >= 15 is 0 Å². The highest BCUT2D eigenvalue weighted by Crippen LogP contribution is 2.32. The maximum Gasteiger partial charge on any atom is 0.320 e. The molecule has 0 saturated carbocycles. The van der Waals surface area contributed by atoms with Crippen molar-refractivity contribution in [2.75, 3.05) is 39.3 Å². The normalized spacial score (nSPS) is 20.7. The second-order valence-electron chi connectivity index (χ2n) is 9.52. The van der Waals surface area contributed by atoms with Crippen LogP contribution in [0, 0.1) is 11.6 Å². The van der Waals surface area contributed by atoms with Gasteiger partial charge in [0.05, 0.1) is 18.8 Å². The Morgan fingerprint density at radius 2 is 1.76 bits per heavy atom. The molecule has 0 aliphatic carbocycles. The summed E-state index contributed by atoms with van der Waals surface area (Å²) in [4.78, 5) is 34.6. The van der Waals surface area contributed by atoms with Gasteiger partial charge in [-0.25, -0.2) is 13.6 Å². The van der Waals surface area contributed by atoms with E-state index in [0.29, 0.717) is 51.4 Å². The van der Waals surface area contributed by atoms with Crippen molar-refractivity contribution in [1.29, 1.82) is 0 Å². The molecule has 3 aromatic rings. The Bertz CT molecular complexity index is 1310. The summed E-state index contributed by atoms with van der Waals surface area (Å²) in [5.41, 5.74) is 2.39. The topological polar surface area (TPSA) is 68.9 Å². The van der Waals surface area contributed by atoms with Crippen molar-refractivity contribution < 1.29 is 18.3 Å². The van der Waals surface area contributed by atoms with Crippen molar-refractivity contribution in [3.05, 3.63) is 93.8 Å². The summed E-state index contributed by atoms with van der Waals surface area (Å²) in [5.74, 6) is -1.11. The lowest BCUT2D eigenvalue weighted by atomic mass is 9.98. The van der Waals surface area contributed by atoms with Gasteiger partial charge in [-0.2, -0.15) is 0 Å². The van der Waals surface area contributed by atoms with Gasteiger partial charge in [-0.15, -0.1) is 0 Å². The van der Waals surface area contributed by atoms with Crippen molar-refractivity contribution in [2.24, 2.45) is 0 Å². The average Bonchev–Trinajstić information content (AvgIpc) is 2.92. The molecule has 2 fully saturated rings. The van der Waals surface area contributed by atoms with Crippen LogP contribution in [-0.4, -0.2) is 71.1 Å². The summed E-state index contributed by atoms with van der Waals surface area (Å²) in [6.07, 6.45) is -0.471. The summed E-state index contributed by atoms with van der Waals surface area (Å²) in [7, 11) is 0. The van der Waals surface area contributed by atoms with Gasteiger partial charge in [-0.1, -0.05) is 36.4 Å². The number of morpholine rings is 1. The number of carbonyl (C=O) groups excluding carboxylic acids is 1. The van der Waals surface area contributed by atoms with E-state index in [0.717, 1.165) is 29.5 Å². The predicted molar refractivity (Wildman–Crippen MR) is 136 cm³/mol. The number of rotatable bonds is 4. The van der Waals surface area contributed by atoms with Crippen molar-refractivity contribution in [3.63, 3.8) is 0 Å². The lowest BCUT2D eigenvalue weighted by Gasteiger charge is -2.44. The number of amides is 2. The number of aromatic nitrogens is 1. The zero-order valence-corrected chi connectivity index (χ0v) is 20.7. The van der Waals surface area contributed by atoms with Gasteiger partial charge in [0.2, 0.25) is 0 Å². The van der Waals surface area contributed by atoms with Crippen LogP contribution in [0.2, 0.25) is 0 Å². The van der Waals surface area contributed by atoms with E-state index < -0.39 is 23.8 Å². The average molecular weight is 509 g/mol. The highest BCUT2D eigenvalue weighted by molar-refractivity contribution is 5.75. The fraction of sp³-hybridized carbons (Fsp3) is 0.357. The molecule has 1 N–H and O–H groups in total. The van der Waals surface area contributed by atoms with Crippen LogP contribution in [0.1, 0.15) is 24.1 Å². The smallest absolute Gasteiger partial charge is 0.320 e. The van der Waals surface area contributed by atoms with E-state index in [4.69, 9.17) is 4.74 Å². The second-order valence-corrected chi connectivity index (χ2v) is 9.52. The predicted octanol–water partition coefficient (Wildman–Crippen LogP) is 4.02. The molecule has 7 nitrogen and oxygen atoms in total. The number of hydrogen-bond donors (Lipinski definition) is 1. The first kappa shape index (κ1) is 25.1. The van der Waals surface area contributed by atoms with Crippen LogP contribution in [0.5, 0.6) is 0 Å². The molecule has 0 bridgehead atoms. The van der Waals surface area contributed by atoms with Crippen LogP contribution in [0.25, 0.3) is 11.3 Å². The molecule has 194 valence electrons. The molecule has 5 rings (SSSR count). The molecular formula is C28H30F2N4O3. The number of aromatic amines is 1. The molecule has 9 heteroatoms. The number of H-pyrrole nitrogens is 1. The largest absolute Gasteiger partial charge is 0.374 e. The van der Waals surface area contributed by atoms with Crippen molar-refractivity contribution in [1.82, 2.24) is 19.7 Å². The zero-order chi connectivity index (χ0) is 25.9. The van der Waals surface area contributed by atoms with Crippen LogP contribution >= 0.6 is 0 Å². The number of benzene rings is 2. The third-order valence-electron chi connectivity index (χ3n) is 7.13. The quantitative estimate of drug-likeness (QED) is 0.578. The molecule has 2 atom stereocenters. The van der Waals surface area contributed by atoms with Crippen molar-refractivity contribution in [2.45, 2.75) is 25.6 Å². The monoisotopic (exact) mass is 508 g/mol. The lowest BCUT2D eigenvalue weighted by Crippen LogP contribution is -2.56. The zero-order valence-electron chi connectivity index (χ0n) is 20.7. The van der Waals surface area contributed by atoms with E-state index in [1.807, 2.05) is 42.5 Å². The fourth-order valence-electron chi connectivity index (χ4n) is 5.13. The van der Waals surface area contributed by atoms with Crippen LogP contribution in [0.3, 0.4) is 0 Å². The molecule has 0 spiro atoms. The van der Waals surface area contributed by atoms with Gasteiger partial charge < -0.3 is 19.5 Å². The summed E-state index contributed by atoms with van der Waals surface area (Å²) in [5, 5.41) is 0. The Balaban J connectivity index is 1.23. The maximum atomic E-state index is 14.6. The number of nitrogens with zero attached hydrogens (tertiary/aromatic N) is 3. The number of urea groups is 1. The summed E-state index contributed by atoms with van der Waals surface area (Å²) >= 11 is 0. The molecular weight excluding hydrogens is 478 g/mol. The first-order chi connectivity index (χ1) is 17.9. The van der Waals surface area contributed by atoms with Gasteiger partial charge in [0.1, 0.15) is 11.6 Å². The van der Waals surface area contributed by atoms with Gasteiger partial charge in [0.15, 0.2) is 0 Å². The van der Waals surface area contributed by atoms with Gasteiger partial charge in [0, 0.05) is 56.1 Å². The van der Waals surface area contributed by atoms with Gasteiger partial charge in [-0.3, -0.25) is 9.69 Å². The minimum absolute atomic E-state index is 0.123. The first-order valence-corrected chi connectivity index (χ1v) is 12.5. The van der Waals surface area contributed by atoms with E-state index in [2.05, 4.69) is 9.88 Å². The highest BCUT2D eigenvalue weighted by Gasteiger charge is 2.38. The van der Waals surface area contributed by atoms with Crippen LogP contribution in [0.4, 0.5) is 13.6 Å².